The molecule has 6 nitrogen and oxygen atoms in total. The smallest absolute Gasteiger partial charge is 0.247 e. The molecular weight excluding hydrogens is 340 g/mol. The van der Waals surface area contributed by atoms with Crippen molar-refractivity contribution in [3.05, 3.63) is 41.2 Å². The van der Waals surface area contributed by atoms with Gasteiger partial charge in [0.25, 0.3) is 0 Å². The maximum absolute atomic E-state index is 13.5. The standard InChI is InChI=1S/C18H22N2O4S/c1-12-6-7-13(2)15(10-12)25(22,23)18(8-4-5-9-18)17(21)19-16-14(3)11-24-20-16/h6-7,10-11H,4-5,8-9H2,1-3H3,(H,19,20,21). The number of hydrogen-bond donors (Lipinski definition) is 1. The Balaban J connectivity index is 2.06. The molecule has 1 fully saturated rings. The maximum atomic E-state index is 13.5. The van der Waals surface area contributed by atoms with Gasteiger partial charge < -0.3 is 9.84 Å². The van der Waals surface area contributed by atoms with E-state index in [9.17, 15) is 13.2 Å². The van der Waals surface area contributed by atoms with E-state index in [1.165, 1.54) is 6.26 Å². The van der Waals surface area contributed by atoms with Crippen molar-refractivity contribution >= 4 is 21.6 Å². The van der Waals surface area contributed by atoms with Crippen LogP contribution in [0.15, 0.2) is 33.9 Å². The first-order valence-electron chi connectivity index (χ1n) is 8.32. The average molecular weight is 362 g/mol. The van der Waals surface area contributed by atoms with Crippen molar-refractivity contribution in [2.24, 2.45) is 0 Å². The molecule has 25 heavy (non-hydrogen) atoms. The lowest BCUT2D eigenvalue weighted by molar-refractivity contribution is -0.118. The number of nitrogens with zero attached hydrogens (tertiary/aromatic N) is 1. The van der Waals surface area contributed by atoms with Gasteiger partial charge in [0.1, 0.15) is 6.26 Å². The van der Waals surface area contributed by atoms with Crippen LogP contribution >= 0.6 is 0 Å². The minimum atomic E-state index is -3.84. The van der Waals surface area contributed by atoms with Crippen LogP contribution < -0.4 is 5.32 Å². The Hall–Kier alpha value is -2.15. The minimum Gasteiger partial charge on any atom is -0.362 e. The van der Waals surface area contributed by atoms with E-state index in [2.05, 4.69) is 10.5 Å². The lowest BCUT2D eigenvalue weighted by Crippen LogP contribution is -2.47. The summed E-state index contributed by atoms with van der Waals surface area (Å²) in [5.41, 5.74) is 2.16. The zero-order valence-corrected chi connectivity index (χ0v) is 15.4. The van der Waals surface area contributed by atoms with Gasteiger partial charge in [0, 0.05) is 5.56 Å². The van der Waals surface area contributed by atoms with Crippen molar-refractivity contribution < 1.29 is 17.7 Å². The zero-order chi connectivity index (χ0) is 18.2. The number of benzene rings is 1. The van der Waals surface area contributed by atoms with E-state index in [4.69, 9.17) is 4.52 Å². The lowest BCUT2D eigenvalue weighted by Gasteiger charge is -2.28. The van der Waals surface area contributed by atoms with Crippen molar-refractivity contribution in [2.45, 2.75) is 56.1 Å². The van der Waals surface area contributed by atoms with Gasteiger partial charge in [-0.2, -0.15) is 0 Å². The number of anilines is 1. The molecule has 2 aromatic rings. The van der Waals surface area contributed by atoms with Crippen molar-refractivity contribution in [3.63, 3.8) is 0 Å². The molecule has 0 atom stereocenters. The number of sulfone groups is 1. The van der Waals surface area contributed by atoms with E-state index in [0.29, 0.717) is 36.8 Å². The molecule has 0 spiro atoms. The van der Waals surface area contributed by atoms with E-state index in [0.717, 1.165) is 5.56 Å². The fraction of sp³-hybridized carbons (Fsp3) is 0.444. The van der Waals surface area contributed by atoms with Crippen LogP contribution in [0.3, 0.4) is 0 Å². The number of hydrogen-bond acceptors (Lipinski definition) is 5. The van der Waals surface area contributed by atoms with Crippen LogP contribution in [0.25, 0.3) is 0 Å². The van der Waals surface area contributed by atoms with Gasteiger partial charge in [0.15, 0.2) is 20.4 Å². The molecule has 1 amide bonds. The summed E-state index contributed by atoms with van der Waals surface area (Å²) in [5.74, 6) is -0.254. The quantitative estimate of drug-likeness (QED) is 0.901. The molecule has 1 aromatic heterocycles. The number of rotatable bonds is 4. The molecule has 7 heteroatoms. The normalized spacial score (nSPS) is 16.8. The SMILES string of the molecule is Cc1ccc(C)c(S(=O)(=O)C2(C(=O)Nc3nocc3C)CCCC2)c1. The van der Waals surface area contributed by atoms with Crippen LogP contribution in [0.5, 0.6) is 0 Å². The van der Waals surface area contributed by atoms with Gasteiger partial charge >= 0.3 is 0 Å². The predicted octanol–water partition coefficient (Wildman–Crippen LogP) is 3.33. The van der Waals surface area contributed by atoms with Crippen LogP contribution in [0, 0.1) is 20.8 Å². The number of carbonyl (C=O) groups is 1. The van der Waals surface area contributed by atoms with Gasteiger partial charge in [-0.1, -0.05) is 30.1 Å². The highest BCUT2D eigenvalue weighted by atomic mass is 32.2. The summed E-state index contributed by atoms with van der Waals surface area (Å²) in [4.78, 5) is 13.3. The number of amides is 1. The Bertz CT molecular complexity index is 909. The molecule has 1 aliphatic rings. The van der Waals surface area contributed by atoms with E-state index >= 15 is 0 Å². The van der Waals surface area contributed by atoms with Gasteiger partial charge in [-0.15, -0.1) is 0 Å². The van der Waals surface area contributed by atoms with Crippen LogP contribution in [0.4, 0.5) is 5.82 Å². The highest BCUT2D eigenvalue weighted by molar-refractivity contribution is 7.93. The zero-order valence-electron chi connectivity index (χ0n) is 14.6. The van der Waals surface area contributed by atoms with Crippen LogP contribution in [-0.4, -0.2) is 24.2 Å². The third-order valence-electron chi connectivity index (χ3n) is 4.95. The highest BCUT2D eigenvalue weighted by Gasteiger charge is 2.53. The summed E-state index contributed by atoms with van der Waals surface area (Å²) in [7, 11) is -3.84. The Kier molecular flexibility index (Phi) is 4.45. The second kappa shape index (κ2) is 6.29. The minimum absolute atomic E-state index is 0.237. The van der Waals surface area contributed by atoms with E-state index in [1.807, 2.05) is 13.0 Å². The summed E-state index contributed by atoms with van der Waals surface area (Å²) in [6.45, 7) is 5.35. The largest absolute Gasteiger partial charge is 0.362 e. The maximum Gasteiger partial charge on any atom is 0.247 e. The predicted molar refractivity (Wildman–Crippen MR) is 94.2 cm³/mol. The monoisotopic (exact) mass is 362 g/mol. The van der Waals surface area contributed by atoms with Gasteiger partial charge in [-0.3, -0.25) is 4.79 Å². The molecule has 1 saturated carbocycles. The summed E-state index contributed by atoms with van der Waals surface area (Å²) in [6, 6.07) is 5.30. The van der Waals surface area contributed by atoms with E-state index in [-0.39, 0.29) is 10.7 Å². The lowest BCUT2D eigenvalue weighted by atomic mass is 10.1. The number of carbonyl (C=O) groups excluding carboxylic acids is 1. The van der Waals surface area contributed by atoms with Crippen LogP contribution in [0.1, 0.15) is 42.4 Å². The Morgan fingerprint density at radius 2 is 1.84 bits per heavy atom. The Morgan fingerprint density at radius 3 is 2.44 bits per heavy atom. The summed E-state index contributed by atoms with van der Waals surface area (Å²) in [5, 5.41) is 6.40. The van der Waals surface area contributed by atoms with E-state index in [1.54, 1.807) is 26.0 Å². The fourth-order valence-electron chi connectivity index (χ4n) is 3.40. The summed E-state index contributed by atoms with van der Waals surface area (Å²) >= 11 is 0. The van der Waals surface area contributed by atoms with E-state index < -0.39 is 20.5 Å². The summed E-state index contributed by atoms with van der Waals surface area (Å²) < 4.78 is 30.3. The number of aromatic nitrogens is 1. The summed E-state index contributed by atoms with van der Waals surface area (Å²) in [6.07, 6.45) is 3.44. The van der Waals surface area contributed by atoms with Crippen LogP contribution in [0.2, 0.25) is 0 Å². The highest BCUT2D eigenvalue weighted by Crippen LogP contribution is 2.42. The topological polar surface area (TPSA) is 89.3 Å². The molecule has 0 saturated heterocycles. The molecular formula is C18H22N2O4S. The van der Waals surface area contributed by atoms with Gasteiger partial charge in [0.05, 0.1) is 4.90 Å². The molecule has 3 rings (SSSR count). The molecule has 0 unspecified atom stereocenters. The van der Waals surface area contributed by atoms with Crippen molar-refractivity contribution in [1.82, 2.24) is 5.16 Å². The third kappa shape index (κ3) is 2.86. The van der Waals surface area contributed by atoms with Crippen molar-refractivity contribution in [3.8, 4) is 0 Å². The molecule has 1 N–H and O–H groups in total. The number of nitrogens with one attached hydrogen (secondary N) is 1. The van der Waals surface area contributed by atoms with Crippen molar-refractivity contribution in [2.75, 3.05) is 5.32 Å². The van der Waals surface area contributed by atoms with Gasteiger partial charge in [-0.25, -0.2) is 8.42 Å². The third-order valence-corrected chi connectivity index (χ3v) is 7.59. The fourth-order valence-corrected chi connectivity index (χ4v) is 5.78. The van der Waals surface area contributed by atoms with Gasteiger partial charge in [-0.05, 0) is 50.8 Å². The number of aryl methyl sites for hydroxylation is 3. The van der Waals surface area contributed by atoms with Gasteiger partial charge in [0.2, 0.25) is 5.91 Å². The first kappa shape index (κ1) is 17.7. The molecule has 134 valence electrons. The molecule has 0 bridgehead atoms. The first-order chi connectivity index (χ1) is 11.8. The molecule has 0 aliphatic heterocycles. The molecule has 0 radical (unpaired) electrons. The second-order valence-corrected chi connectivity index (χ2v) is 9.00. The average Bonchev–Trinajstić information content (AvgIpc) is 3.20. The second-order valence-electron chi connectivity index (χ2n) is 6.77. The first-order valence-corrected chi connectivity index (χ1v) is 9.80. The van der Waals surface area contributed by atoms with Crippen LogP contribution in [-0.2, 0) is 14.6 Å². The molecule has 1 aliphatic carbocycles. The molecule has 1 aromatic carbocycles. The molecule has 1 heterocycles. The Labute approximate surface area is 147 Å². The Morgan fingerprint density at radius 1 is 1.16 bits per heavy atom. The van der Waals surface area contributed by atoms with Crippen molar-refractivity contribution in [1.29, 1.82) is 0 Å².